The molecule has 4 atom stereocenters. The molecule has 1 aliphatic rings. The van der Waals surface area contributed by atoms with E-state index in [1.165, 1.54) is 4.68 Å². The van der Waals surface area contributed by atoms with Gasteiger partial charge in [-0.25, -0.2) is 4.68 Å². The molecule has 1 aromatic heterocycles. The van der Waals surface area contributed by atoms with E-state index >= 15 is 0 Å². The Bertz CT molecular complexity index is 606. The highest BCUT2D eigenvalue weighted by Crippen LogP contribution is 2.23. The van der Waals surface area contributed by atoms with Gasteiger partial charge in [-0.2, -0.15) is 0 Å². The van der Waals surface area contributed by atoms with Gasteiger partial charge in [-0.05, 0) is 12.1 Å². The lowest BCUT2D eigenvalue weighted by Gasteiger charge is -2.34. The Balaban J connectivity index is 1.64. The first kappa shape index (κ1) is 14.9. The predicted molar refractivity (Wildman–Crippen MR) is 73.8 cm³/mol. The second-order valence-corrected chi connectivity index (χ2v) is 5.06. The van der Waals surface area contributed by atoms with Crippen molar-refractivity contribution in [2.24, 2.45) is 0 Å². The van der Waals surface area contributed by atoms with Gasteiger partial charge < -0.3 is 24.8 Å². The van der Waals surface area contributed by atoms with E-state index < -0.39 is 24.5 Å². The van der Waals surface area contributed by atoms with Gasteiger partial charge in [0.15, 0.2) is 6.23 Å². The summed E-state index contributed by atoms with van der Waals surface area (Å²) in [6.07, 6.45) is -3.01. The molecule has 118 valence electrons. The van der Waals surface area contributed by atoms with Crippen molar-refractivity contribution in [3.8, 4) is 5.75 Å². The second-order valence-electron chi connectivity index (χ2n) is 5.06. The predicted octanol–water partition coefficient (Wildman–Crippen LogP) is -0.531. The van der Waals surface area contributed by atoms with Crippen LogP contribution in [0, 0.1) is 0 Å². The summed E-state index contributed by atoms with van der Waals surface area (Å²) in [5.41, 5.74) is 0.556. The van der Waals surface area contributed by atoms with Gasteiger partial charge in [0.1, 0.15) is 36.4 Å². The molecule has 2 aromatic rings. The average molecular weight is 307 g/mol. The molecule has 1 fully saturated rings. The van der Waals surface area contributed by atoms with Crippen LogP contribution in [0.4, 0.5) is 0 Å². The minimum atomic E-state index is -1.29. The molecule has 3 rings (SSSR count). The fourth-order valence-corrected chi connectivity index (χ4v) is 2.20. The molecule has 0 saturated carbocycles. The molecule has 0 aliphatic carbocycles. The molecule has 0 spiro atoms. The van der Waals surface area contributed by atoms with Crippen molar-refractivity contribution in [3.63, 3.8) is 0 Å². The van der Waals surface area contributed by atoms with Crippen LogP contribution in [0.2, 0.25) is 0 Å². The number of aliphatic hydroxyl groups is 3. The quantitative estimate of drug-likeness (QED) is 0.696. The second kappa shape index (κ2) is 6.41. The highest BCUT2D eigenvalue weighted by atomic mass is 16.5. The molecule has 1 aliphatic heterocycles. The minimum absolute atomic E-state index is 0.0847. The molecule has 0 bridgehead atoms. The number of benzene rings is 1. The van der Waals surface area contributed by atoms with Crippen molar-refractivity contribution in [3.05, 3.63) is 42.2 Å². The third kappa shape index (κ3) is 3.09. The van der Waals surface area contributed by atoms with Gasteiger partial charge in [-0.3, -0.25) is 0 Å². The number of aliphatic hydroxyl groups excluding tert-OH is 3. The summed E-state index contributed by atoms with van der Waals surface area (Å²) < 4.78 is 12.2. The molecule has 1 unspecified atom stereocenters. The van der Waals surface area contributed by atoms with E-state index in [0.29, 0.717) is 11.4 Å². The maximum atomic E-state index is 9.92. The van der Waals surface area contributed by atoms with E-state index in [1.807, 2.05) is 30.3 Å². The van der Waals surface area contributed by atoms with Crippen LogP contribution in [0.3, 0.4) is 0 Å². The highest BCUT2D eigenvalue weighted by Gasteiger charge is 2.39. The Morgan fingerprint density at radius 1 is 1.18 bits per heavy atom. The van der Waals surface area contributed by atoms with Crippen molar-refractivity contribution < 1.29 is 24.8 Å². The van der Waals surface area contributed by atoms with Crippen LogP contribution in [0.15, 0.2) is 36.5 Å². The van der Waals surface area contributed by atoms with E-state index in [2.05, 4.69) is 10.3 Å². The Morgan fingerprint density at radius 3 is 2.73 bits per heavy atom. The first-order chi connectivity index (χ1) is 10.6. The van der Waals surface area contributed by atoms with Crippen LogP contribution in [0.1, 0.15) is 11.9 Å². The van der Waals surface area contributed by atoms with Crippen molar-refractivity contribution in [1.29, 1.82) is 0 Å². The maximum absolute atomic E-state index is 9.92. The van der Waals surface area contributed by atoms with Crippen LogP contribution >= 0.6 is 0 Å². The van der Waals surface area contributed by atoms with Crippen LogP contribution < -0.4 is 4.74 Å². The summed E-state index contributed by atoms with van der Waals surface area (Å²) in [6.45, 7) is 0.136. The summed E-state index contributed by atoms with van der Waals surface area (Å²) >= 11 is 0. The SMILES string of the molecule is O[C@H]1[C@H](O)COC(n2cc(COc3ccccc3)nn2)[C@@H]1O. The number of para-hydroxylation sites is 1. The standard InChI is InChI=1S/C14H17N3O5/c18-11-8-22-14(13(20)12(11)19)17-6-9(15-16-17)7-21-10-4-2-1-3-5-10/h1-6,11-14,18-20H,7-8H2/t11-,12+,13-,14?/m1/s1. The average Bonchev–Trinajstić information content (AvgIpc) is 3.00. The molecule has 1 aromatic carbocycles. The number of aromatic nitrogens is 3. The van der Waals surface area contributed by atoms with Crippen molar-refractivity contribution in [2.45, 2.75) is 31.1 Å². The summed E-state index contributed by atoms with van der Waals surface area (Å²) in [5, 5.41) is 36.8. The molecule has 22 heavy (non-hydrogen) atoms. The smallest absolute Gasteiger partial charge is 0.180 e. The summed E-state index contributed by atoms with van der Waals surface area (Å²) in [4.78, 5) is 0. The highest BCUT2D eigenvalue weighted by molar-refractivity contribution is 5.21. The maximum Gasteiger partial charge on any atom is 0.180 e. The number of hydrogen-bond donors (Lipinski definition) is 3. The van der Waals surface area contributed by atoms with Gasteiger partial charge in [0.2, 0.25) is 0 Å². The molecule has 2 heterocycles. The summed E-state index contributed by atoms with van der Waals surface area (Å²) in [6, 6.07) is 9.28. The topological polar surface area (TPSA) is 110 Å². The monoisotopic (exact) mass is 307 g/mol. The molecule has 3 N–H and O–H groups in total. The molecular weight excluding hydrogens is 290 g/mol. The number of rotatable bonds is 4. The van der Waals surface area contributed by atoms with Crippen LogP contribution in [0.5, 0.6) is 5.75 Å². The zero-order chi connectivity index (χ0) is 15.5. The van der Waals surface area contributed by atoms with Gasteiger partial charge in [-0.1, -0.05) is 23.4 Å². The molecule has 0 radical (unpaired) electrons. The Kier molecular flexibility index (Phi) is 4.34. The van der Waals surface area contributed by atoms with Crippen molar-refractivity contribution in [2.75, 3.05) is 6.61 Å². The van der Waals surface area contributed by atoms with E-state index in [1.54, 1.807) is 6.20 Å². The number of hydrogen-bond acceptors (Lipinski definition) is 7. The minimum Gasteiger partial charge on any atom is -0.487 e. The number of ether oxygens (including phenoxy) is 2. The third-order valence-electron chi connectivity index (χ3n) is 3.42. The molecule has 8 nitrogen and oxygen atoms in total. The summed E-state index contributed by atoms with van der Waals surface area (Å²) in [5.74, 6) is 0.713. The van der Waals surface area contributed by atoms with E-state index in [-0.39, 0.29) is 13.2 Å². The molecule has 8 heteroatoms. The Morgan fingerprint density at radius 2 is 1.95 bits per heavy atom. The van der Waals surface area contributed by atoms with Crippen molar-refractivity contribution >= 4 is 0 Å². The van der Waals surface area contributed by atoms with Crippen LogP contribution in [-0.4, -0.2) is 55.2 Å². The lowest BCUT2D eigenvalue weighted by atomic mass is 10.0. The van der Waals surface area contributed by atoms with Gasteiger partial charge in [0.05, 0.1) is 12.8 Å². The fraction of sp³-hybridized carbons (Fsp3) is 0.429. The van der Waals surface area contributed by atoms with Crippen molar-refractivity contribution in [1.82, 2.24) is 15.0 Å². The largest absolute Gasteiger partial charge is 0.487 e. The summed E-state index contributed by atoms with van der Waals surface area (Å²) in [7, 11) is 0. The number of nitrogens with zero attached hydrogens (tertiary/aromatic N) is 3. The van der Waals surface area contributed by atoms with Crippen LogP contribution in [0.25, 0.3) is 0 Å². The van der Waals surface area contributed by atoms with Gasteiger partial charge in [0, 0.05) is 0 Å². The first-order valence-electron chi connectivity index (χ1n) is 6.89. The lowest BCUT2D eigenvalue weighted by molar-refractivity contribution is -0.214. The van der Waals surface area contributed by atoms with E-state index in [9.17, 15) is 15.3 Å². The zero-order valence-corrected chi connectivity index (χ0v) is 11.7. The first-order valence-corrected chi connectivity index (χ1v) is 6.89. The zero-order valence-electron chi connectivity index (χ0n) is 11.7. The Hall–Kier alpha value is -2.00. The Labute approximate surface area is 126 Å². The van der Waals surface area contributed by atoms with E-state index in [4.69, 9.17) is 9.47 Å². The van der Waals surface area contributed by atoms with Gasteiger partial charge in [-0.15, -0.1) is 5.10 Å². The van der Waals surface area contributed by atoms with E-state index in [0.717, 1.165) is 0 Å². The van der Waals surface area contributed by atoms with Gasteiger partial charge in [0.25, 0.3) is 0 Å². The van der Waals surface area contributed by atoms with Gasteiger partial charge >= 0.3 is 0 Å². The lowest BCUT2D eigenvalue weighted by Crippen LogP contribution is -2.50. The molecular formula is C14H17N3O5. The normalized spacial score (nSPS) is 28.5. The molecule has 1 saturated heterocycles. The van der Waals surface area contributed by atoms with Crippen LogP contribution in [-0.2, 0) is 11.3 Å². The third-order valence-corrected chi connectivity index (χ3v) is 3.42. The fourth-order valence-electron chi connectivity index (χ4n) is 2.20. The molecule has 0 amide bonds.